The van der Waals surface area contributed by atoms with Gasteiger partial charge in [-0.1, -0.05) is 18.2 Å². The van der Waals surface area contributed by atoms with Gasteiger partial charge in [-0.05, 0) is 25.5 Å². The number of para-hydroxylation sites is 1. The number of hydrogen-bond acceptors (Lipinski definition) is 6. The van der Waals surface area contributed by atoms with Crippen molar-refractivity contribution >= 4 is 32.6 Å². The summed E-state index contributed by atoms with van der Waals surface area (Å²) in [5.74, 6) is -2.77. The largest absolute Gasteiger partial charge is 0.490 e. The molecule has 1 unspecified atom stereocenters. The Morgan fingerprint density at radius 1 is 1.27 bits per heavy atom. The van der Waals surface area contributed by atoms with Gasteiger partial charge in [0.05, 0.1) is 23.4 Å². The summed E-state index contributed by atoms with van der Waals surface area (Å²) in [5, 5.41) is 8.02. The number of rotatable bonds is 4. The van der Waals surface area contributed by atoms with Crippen molar-refractivity contribution in [2.75, 3.05) is 32.1 Å². The highest BCUT2D eigenvalue weighted by Gasteiger charge is 2.62. The maximum absolute atomic E-state index is 12.8. The van der Waals surface area contributed by atoms with Crippen molar-refractivity contribution in [3.8, 4) is 0 Å². The van der Waals surface area contributed by atoms with Crippen LogP contribution in [0.25, 0.3) is 10.9 Å². The summed E-state index contributed by atoms with van der Waals surface area (Å²) in [6.07, 6.45) is -2.90. The van der Waals surface area contributed by atoms with Crippen LogP contribution in [0.2, 0.25) is 0 Å². The number of fused-ring (bicyclic) bond motifs is 1. The Bertz CT molecular complexity index is 1150. The maximum Gasteiger partial charge on any atom is 0.490 e. The first-order valence-electron chi connectivity index (χ1n) is 10.2. The van der Waals surface area contributed by atoms with Gasteiger partial charge in [0.1, 0.15) is 4.75 Å². The van der Waals surface area contributed by atoms with Crippen LogP contribution in [0.3, 0.4) is 0 Å². The van der Waals surface area contributed by atoms with Crippen LogP contribution in [0.1, 0.15) is 23.7 Å². The molecule has 12 heteroatoms. The van der Waals surface area contributed by atoms with E-state index in [2.05, 4.69) is 4.98 Å². The molecule has 3 heterocycles. The summed E-state index contributed by atoms with van der Waals surface area (Å²) in [6.45, 7) is 3.41. The number of hydrogen-bond donors (Lipinski definition) is 1. The minimum Gasteiger partial charge on any atom is -0.475 e. The van der Waals surface area contributed by atoms with Gasteiger partial charge < -0.3 is 14.7 Å². The van der Waals surface area contributed by atoms with E-state index in [0.717, 1.165) is 10.9 Å². The number of amides is 1. The van der Waals surface area contributed by atoms with Crippen LogP contribution in [-0.4, -0.2) is 78.3 Å². The minimum atomic E-state index is -5.08. The molecule has 0 radical (unpaired) electrons. The number of nitrogens with zero attached hydrogens (tertiary/aromatic N) is 2. The van der Waals surface area contributed by atoms with Gasteiger partial charge in [-0.3, -0.25) is 9.78 Å². The molecule has 33 heavy (non-hydrogen) atoms. The van der Waals surface area contributed by atoms with Crippen molar-refractivity contribution in [2.24, 2.45) is 5.92 Å². The molecule has 2 saturated heterocycles. The number of carboxylic acids is 1. The molecule has 2 aliphatic heterocycles. The minimum absolute atomic E-state index is 0.0359. The van der Waals surface area contributed by atoms with Crippen LogP contribution in [0.5, 0.6) is 0 Å². The smallest absolute Gasteiger partial charge is 0.475 e. The first kappa shape index (κ1) is 24.9. The number of pyridine rings is 1. The summed E-state index contributed by atoms with van der Waals surface area (Å²) < 4.78 is 61.6. The molecule has 1 aromatic heterocycles. The lowest BCUT2D eigenvalue weighted by molar-refractivity contribution is -0.192. The van der Waals surface area contributed by atoms with Crippen molar-refractivity contribution in [3.63, 3.8) is 0 Å². The monoisotopic (exact) mass is 488 g/mol. The average molecular weight is 488 g/mol. The first-order chi connectivity index (χ1) is 15.4. The lowest BCUT2D eigenvalue weighted by atomic mass is 9.83. The normalized spacial score (nSPS) is 20.7. The number of aliphatic carboxylic acids is 1. The van der Waals surface area contributed by atoms with Crippen LogP contribution in [0.15, 0.2) is 36.5 Å². The fourth-order valence-electron chi connectivity index (χ4n) is 4.08. The Morgan fingerprint density at radius 2 is 1.91 bits per heavy atom. The number of carbonyl (C=O) groups is 2. The van der Waals surface area contributed by atoms with E-state index in [-0.39, 0.29) is 30.7 Å². The van der Waals surface area contributed by atoms with Gasteiger partial charge in [-0.25, -0.2) is 13.2 Å². The summed E-state index contributed by atoms with van der Waals surface area (Å²) >= 11 is 0. The second-order valence-electron chi connectivity index (χ2n) is 7.91. The van der Waals surface area contributed by atoms with E-state index in [1.807, 2.05) is 37.3 Å². The lowest BCUT2D eigenvalue weighted by Crippen LogP contribution is -2.68. The molecule has 180 valence electrons. The quantitative estimate of drug-likeness (QED) is 0.704. The van der Waals surface area contributed by atoms with Crippen LogP contribution >= 0.6 is 0 Å². The molecule has 0 bridgehead atoms. The van der Waals surface area contributed by atoms with Gasteiger partial charge >= 0.3 is 12.1 Å². The third-order valence-corrected chi connectivity index (χ3v) is 8.51. The molecule has 4 rings (SSSR count). The zero-order chi connectivity index (χ0) is 24.4. The zero-order valence-electron chi connectivity index (χ0n) is 17.7. The Balaban J connectivity index is 0.000000383. The first-order valence-corrected chi connectivity index (χ1v) is 11.8. The van der Waals surface area contributed by atoms with Crippen molar-refractivity contribution in [2.45, 2.75) is 24.3 Å². The van der Waals surface area contributed by atoms with E-state index in [0.29, 0.717) is 25.2 Å². The fraction of sp³-hybridized carbons (Fsp3) is 0.476. The number of alkyl halides is 3. The topological polar surface area (TPSA) is 114 Å². The second kappa shape index (κ2) is 9.26. The summed E-state index contributed by atoms with van der Waals surface area (Å²) in [4.78, 5) is 27.6. The number of sulfone groups is 1. The Morgan fingerprint density at radius 3 is 2.52 bits per heavy atom. The van der Waals surface area contributed by atoms with E-state index in [1.54, 1.807) is 11.1 Å². The molecule has 1 N–H and O–H groups in total. The highest BCUT2D eigenvalue weighted by atomic mass is 32.2. The van der Waals surface area contributed by atoms with Crippen molar-refractivity contribution in [1.29, 1.82) is 0 Å². The van der Waals surface area contributed by atoms with Crippen LogP contribution < -0.4 is 0 Å². The molecule has 2 aliphatic rings. The molecule has 1 atom stereocenters. The molecule has 0 aliphatic carbocycles. The standard InChI is InChI=1S/C19H22N2O4S.C2HF3O2/c1-2-25-11-16-7-8-26(23,24)19(16)12-21(13-19)18(22)15-9-14-5-3-4-6-17(14)20-10-15;3-2(4,5)1(6)7/h3-6,9-10,16H,2,7-8,11-13H2,1H3;(H,6,7). The number of carbonyl (C=O) groups excluding carboxylic acids is 1. The molecule has 0 saturated carbocycles. The molecule has 8 nitrogen and oxygen atoms in total. The molecular weight excluding hydrogens is 465 g/mol. The maximum atomic E-state index is 12.8. The van der Waals surface area contributed by atoms with Gasteiger partial charge in [0.25, 0.3) is 5.91 Å². The van der Waals surface area contributed by atoms with E-state index < -0.39 is 26.7 Å². The van der Waals surface area contributed by atoms with Crippen molar-refractivity contribution < 1.29 is 41.0 Å². The van der Waals surface area contributed by atoms with Crippen LogP contribution in [0.4, 0.5) is 13.2 Å². The predicted molar refractivity (Wildman–Crippen MR) is 112 cm³/mol. The van der Waals surface area contributed by atoms with E-state index in [1.165, 1.54) is 0 Å². The molecule has 1 amide bonds. The number of halogens is 3. The third-order valence-electron chi connectivity index (χ3n) is 5.91. The highest BCUT2D eigenvalue weighted by molar-refractivity contribution is 7.93. The van der Waals surface area contributed by atoms with E-state index >= 15 is 0 Å². The molecule has 1 spiro atoms. The number of likely N-dealkylation sites (tertiary alicyclic amines) is 1. The van der Waals surface area contributed by atoms with Gasteiger partial charge in [-0.15, -0.1) is 0 Å². The Kier molecular flexibility index (Phi) is 6.99. The average Bonchev–Trinajstić information content (AvgIpc) is 3.00. The second-order valence-corrected chi connectivity index (χ2v) is 10.4. The lowest BCUT2D eigenvalue weighted by Gasteiger charge is -2.49. The van der Waals surface area contributed by atoms with Gasteiger partial charge in [0.15, 0.2) is 9.84 Å². The molecule has 2 aromatic rings. The van der Waals surface area contributed by atoms with E-state index in [4.69, 9.17) is 14.6 Å². The van der Waals surface area contributed by atoms with Crippen molar-refractivity contribution in [1.82, 2.24) is 9.88 Å². The number of ether oxygens (including phenoxy) is 1. The number of aromatic nitrogens is 1. The molecule has 2 fully saturated rings. The Hall–Kier alpha value is -2.73. The molecular formula is C21H23F3N2O6S. The fourth-order valence-corrected chi connectivity index (χ4v) is 6.48. The van der Waals surface area contributed by atoms with E-state index in [9.17, 15) is 26.4 Å². The zero-order valence-corrected chi connectivity index (χ0v) is 18.5. The number of carboxylic acid groups (broad SMARTS) is 1. The summed E-state index contributed by atoms with van der Waals surface area (Å²) in [5.41, 5.74) is 1.33. The highest BCUT2D eigenvalue weighted by Crippen LogP contribution is 2.45. The summed E-state index contributed by atoms with van der Waals surface area (Å²) in [7, 11) is -3.20. The summed E-state index contributed by atoms with van der Waals surface area (Å²) in [6, 6.07) is 9.43. The third kappa shape index (κ3) is 4.96. The van der Waals surface area contributed by atoms with Gasteiger partial charge in [0, 0.05) is 37.2 Å². The van der Waals surface area contributed by atoms with Gasteiger partial charge in [0.2, 0.25) is 0 Å². The van der Waals surface area contributed by atoms with Crippen LogP contribution in [-0.2, 0) is 19.4 Å². The van der Waals surface area contributed by atoms with Gasteiger partial charge in [-0.2, -0.15) is 13.2 Å². The van der Waals surface area contributed by atoms with Crippen LogP contribution in [0, 0.1) is 5.92 Å². The Labute approximate surface area is 188 Å². The SMILES string of the molecule is CCOCC1CCS(=O)(=O)C12CN(C(=O)c1cnc3ccccc3c1)C2.O=C(O)C(F)(F)F. The predicted octanol–water partition coefficient (Wildman–Crippen LogP) is 2.53. The van der Waals surface area contributed by atoms with Crippen molar-refractivity contribution in [3.05, 3.63) is 42.1 Å². The number of benzene rings is 1. The molecule has 1 aromatic carbocycles.